The van der Waals surface area contributed by atoms with Gasteiger partial charge in [0, 0.05) is 0 Å². The van der Waals surface area contributed by atoms with Crippen LogP contribution in [-0.4, -0.2) is 0 Å². The summed E-state index contributed by atoms with van der Waals surface area (Å²) >= 11 is 1.53. The molecule has 0 N–H and O–H groups in total. The molecule has 1 aromatic rings. The van der Waals surface area contributed by atoms with Crippen molar-refractivity contribution in [3.05, 3.63) is 21.9 Å². The van der Waals surface area contributed by atoms with E-state index in [1.54, 1.807) is 0 Å². The van der Waals surface area contributed by atoms with E-state index in [4.69, 9.17) is 5.26 Å². The molecule has 10 heavy (non-hydrogen) atoms. The predicted molar refractivity (Wildman–Crippen MR) is 43.0 cm³/mol. The first kappa shape index (κ1) is 7.30. The van der Waals surface area contributed by atoms with Gasteiger partial charge < -0.3 is 0 Å². The summed E-state index contributed by atoms with van der Waals surface area (Å²) in [6.07, 6.45) is 2.15. The molecule has 1 rings (SSSR count). The van der Waals surface area contributed by atoms with E-state index in [1.807, 2.05) is 11.4 Å². The molecule has 52 valence electrons. The Bertz CT molecular complexity index is 244. The van der Waals surface area contributed by atoms with Gasteiger partial charge in [-0.25, -0.2) is 0 Å². The fourth-order valence-corrected chi connectivity index (χ4v) is 1.64. The van der Waals surface area contributed by atoms with E-state index in [9.17, 15) is 0 Å². The summed E-state index contributed by atoms with van der Waals surface area (Å²) in [6.45, 7) is 2.12. The van der Waals surface area contributed by atoms with Crippen molar-refractivity contribution in [3.8, 4) is 6.07 Å². The second kappa shape index (κ2) is 3.38. The monoisotopic (exact) mass is 151 g/mol. The molecule has 0 radical (unpaired) electrons. The van der Waals surface area contributed by atoms with Crippen LogP contribution < -0.4 is 0 Å². The van der Waals surface area contributed by atoms with Gasteiger partial charge in [0.25, 0.3) is 0 Å². The van der Waals surface area contributed by atoms with Crippen molar-refractivity contribution >= 4 is 11.3 Å². The highest BCUT2D eigenvalue weighted by atomic mass is 32.1. The fraction of sp³-hybridized carbons (Fsp3) is 0.375. The van der Waals surface area contributed by atoms with Gasteiger partial charge in [-0.1, -0.05) is 13.3 Å². The van der Waals surface area contributed by atoms with Crippen LogP contribution in [0.25, 0.3) is 0 Å². The molecule has 0 unspecified atom stereocenters. The number of aryl methyl sites for hydroxylation is 1. The number of thiophene rings is 1. The van der Waals surface area contributed by atoms with Crippen molar-refractivity contribution in [2.24, 2.45) is 0 Å². The summed E-state index contributed by atoms with van der Waals surface area (Å²) in [6, 6.07) is 4.21. The van der Waals surface area contributed by atoms with Gasteiger partial charge in [0.05, 0.1) is 0 Å². The smallest absolute Gasteiger partial charge is 0.110 e. The molecule has 0 aliphatic heterocycles. The molecule has 2 heteroatoms. The van der Waals surface area contributed by atoms with Crippen LogP contribution in [0.3, 0.4) is 0 Å². The molecule has 0 amide bonds. The summed E-state index contributed by atoms with van der Waals surface area (Å²) in [5.41, 5.74) is 1.20. The SMILES string of the molecule is CCCc1ccsc1C#N. The minimum absolute atomic E-state index is 0.877. The van der Waals surface area contributed by atoms with Crippen LogP contribution in [0, 0.1) is 11.3 Å². The summed E-state index contributed by atoms with van der Waals surface area (Å²) < 4.78 is 0. The average molecular weight is 151 g/mol. The quantitative estimate of drug-likeness (QED) is 0.637. The highest BCUT2D eigenvalue weighted by molar-refractivity contribution is 7.10. The van der Waals surface area contributed by atoms with Crippen molar-refractivity contribution in [1.82, 2.24) is 0 Å². The molecule has 0 fully saturated rings. The third-order valence-electron chi connectivity index (χ3n) is 1.37. The minimum atomic E-state index is 0.877. The molecule has 0 aliphatic rings. The van der Waals surface area contributed by atoms with Crippen LogP contribution in [0.15, 0.2) is 11.4 Å². The molecule has 0 aromatic carbocycles. The van der Waals surface area contributed by atoms with Gasteiger partial charge in [-0.05, 0) is 23.4 Å². The Morgan fingerprint density at radius 1 is 1.70 bits per heavy atom. The first-order valence-corrected chi connectivity index (χ1v) is 4.23. The maximum Gasteiger partial charge on any atom is 0.110 e. The van der Waals surface area contributed by atoms with Crippen molar-refractivity contribution in [1.29, 1.82) is 5.26 Å². The predicted octanol–water partition coefficient (Wildman–Crippen LogP) is 2.57. The number of rotatable bonds is 2. The molecule has 1 aromatic heterocycles. The second-order valence-electron chi connectivity index (χ2n) is 2.14. The molecular weight excluding hydrogens is 142 g/mol. The molecule has 1 nitrogen and oxygen atoms in total. The third-order valence-corrected chi connectivity index (χ3v) is 2.23. The second-order valence-corrected chi connectivity index (χ2v) is 3.05. The number of hydrogen-bond acceptors (Lipinski definition) is 2. The molecule has 0 aliphatic carbocycles. The van der Waals surface area contributed by atoms with E-state index < -0.39 is 0 Å². The number of hydrogen-bond donors (Lipinski definition) is 0. The first-order chi connectivity index (χ1) is 4.88. The van der Waals surface area contributed by atoms with Crippen molar-refractivity contribution < 1.29 is 0 Å². The molecule has 0 bridgehead atoms. The normalized spacial score (nSPS) is 9.20. The Balaban J connectivity index is 2.82. The Kier molecular flexibility index (Phi) is 2.47. The first-order valence-electron chi connectivity index (χ1n) is 3.35. The van der Waals surface area contributed by atoms with Gasteiger partial charge in [0.2, 0.25) is 0 Å². The number of nitrogens with zero attached hydrogens (tertiary/aromatic N) is 1. The molecule has 0 saturated carbocycles. The summed E-state index contributed by atoms with van der Waals surface area (Å²) in [4.78, 5) is 0.877. The zero-order chi connectivity index (χ0) is 7.40. The van der Waals surface area contributed by atoms with E-state index in [2.05, 4.69) is 13.0 Å². The van der Waals surface area contributed by atoms with Crippen LogP contribution in [-0.2, 0) is 6.42 Å². The lowest BCUT2D eigenvalue weighted by Gasteiger charge is -1.90. The standard InChI is InChI=1S/C8H9NS/c1-2-3-7-4-5-10-8(7)6-9/h4-5H,2-3H2,1H3. The Hall–Kier alpha value is -0.810. The third kappa shape index (κ3) is 1.37. The highest BCUT2D eigenvalue weighted by Gasteiger charge is 1.99. The number of nitriles is 1. The summed E-state index contributed by atoms with van der Waals surface area (Å²) in [5, 5.41) is 10.6. The van der Waals surface area contributed by atoms with Crippen LogP contribution >= 0.6 is 11.3 Å². The minimum Gasteiger partial charge on any atom is -0.192 e. The van der Waals surface area contributed by atoms with E-state index in [-0.39, 0.29) is 0 Å². The van der Waals surface area contributed by atoms with Crippen molar-refractivity contribution in [2.45, 2.75) is 19.8 Å². The van der Waals surface area contributed by atoms with Crippen molar-refractivity contribution in [2.75, 3.05) is 0 Å². The lowest BCUT2D eigenvalue weighted by molar-refractivity contribution is 0.924. The Morgan fingerprint density at radius 3 is 3.10 bits per heavy atom. The fourth-order valence-electron chi connectivity index (χ4n) is 0.900. The summed E-state index contributed by atoms with van der Waals surface area (Å²) in [7, 11) is 0. The largest absolute Gasteiger partial charge is 0.192 e. The van der Waals surface area contributed by atoms with E-state index >= 15 is 0 Å². The topological polar surface area (TPSA) is 23.8 Å². The maximum absolute atomic E-state index is 8.59. The lowest BCUT2D eigenvalue weighted by Crippen LogP contribution is -1.80. The zero-order valence-corrected chi connectivity index (χ0v) is 6.74. The maximum atomic E-state index is 8.59. The molecular formula is C8H9NS. The molecule has 0 saturated heterocycles. The lowest BCUT2D eigenvalue weighted by atomic mass is 10.1. The van der Waals surface area contributed by atoms with Gasteiger partial charge >= 0.3 is 0 Å². The van der Waals surface area contributed by atoms with Gasteiger partial charge in [-0.15, -0.1) is 11.3 Å². The van der Waals surface area contributed by atoms with Gasteiger partial charge in [-0.3, -0.25) is 0 Å². The average Bonchev–Trinajstić information content (AvgIpc) is 2.36. The van der Waals surface area contributed by atoms with Crippen LogP contribution in [0.4, 0.5) is 0 Å². The van der Waals surface area contributed by atoms with Crippen LogP contribution in [0.2, 0.25) is 0 Å². The highest BCUT2D eigenvalue weighted by Crippen LogP contribution is 2.16. The molecule has 0 atom stereocenters. The van der Waals surface area contributed by atoms with E-state index in [1.165, 1.54) is 16.9 Å². The van der Waals surface area contributed by atoms with Crippen LogP contribution in [0.5, 0.6) is 0 Å². The van der Waals surface area contributed by atoms with Gasteiger partial charge in [-0.2, -0.15) is 5.26 Å². The molecule has 1 heterocycles. The van der Waals surface area contributed by atoms with Crippen molar-refractivity contribution in [3.63, 3.8) is 0 Å². The van der Waals surface area contributed by atoms with E-state index in [0.717, 1.165) is 17.7 Å². The Labute approximate surface area is 64.9 Å². The zero-order valence-electron chi connectivity index (χ0n) is 5.92. The van der Waals surface area contributed by atoms with E-state index in [0.29, 0.717) is 0 Å². The summed E-state index contributed by atoms with van der Waals surface area (Å²) in [5.74, 6) is 0. The van der Waals surface area contributed by atoms with Crippen LogP contribution in [0.1, 0.15) is 23.8 Å². The van der Waals surface area contributed by atoms with Gasteiger partial charge in [0.1, 0.15) is 10.9 Å². The molecule has 0 spiro atoms. The van der Waals surface area contributed by atoms with Gasteiger partial charge in [0.15, 0.2) is 0 Å². The Morgan fingerprint density at radius 2 is 2.50 bits per heavy atom.